The summed E-state index contributed by atoms with van der Waals surface area (Å²) in [5.41, 5.74) is 0.379. The van der Waals surface area contributed by atoms with Crippen LogP contribution >= 0.6 is 0 Å². The number of carbonyl (C=O) groups is 1. The van der Waals surface area contributed by atoms with Crippen LogP contribution in [0, 0.1) is 5.82 Å². The summed E-state index contributed by atoms with van der Waals surface area (Å²) in [6.45, 7) is 2.17. The molecule has 8 heteroatoms. The third kappa shape index (κ3) is 3.69. The normalized spacial score (nSPS) is 21.0. The summed E-state index contributed by atoms with van der Waals surface area (Å²) in [5.74, 6) is 0.222. The number of nitrogens with zero attached hydrogens (tertiary/aromatic N) is 3. The number of hydrogen-bond donors (Lipinski definition) is 0. The SMILES string of the molecule is O=C(C1=CS(=O)(=O)CCC1)N1CCN(c2ccc(F)cn2)CC1. The molecule has 3 heterocycles. The minimum Gasteiger partial charge on any atom is -0.353 e. The molecule has 1 amide bonds. The third-order valence-electron chi connectivity index (χ3n) is 4.07. The van der Waals surface area contributed by atoms with Crippen LogP contribution < -0.4 is 4.90 Å². The number of piperazine rings is 1. The van der Waals surface area contributed by atoms with Crippen LogP contribution in [0.25, 0.3) is 0 Å². The smallest absolute Gasteiger partial charge is 0.250 e. The summed E-state index contributed by atoms with van der Waals surface area (Å²) in [4.78, 5) is 20.1. The second-order valence-electron chi connectivity index (χ2n) is 5.73. The monoisotopic (exact) mass is 339 g/mol. The van der Waals surface area contributed by atoms with Crippen LogP contribution in [0.4, 0.5) is 10.2 Å². The molecule has 6 nitrogen and oxygen atoms in total. The predicted octanol–water partition coefficient (Wildman–Crippen LogP) is 0.962. The standard InChI is InChI=1S/C15H18FN3O3S/c16-13-3-4-14(17-10-13)18-5-7-19(8-6-18)15(20)12-2-1-9-23(21,22)11-12/h3-4,10-11H,1-2,5-9H2. The largest absolute Gasteiger partial charge is 0.353 e. The molecule has 0 saturated carbocycles. The first kappa shape index (κ1) is 15.9. The summed E-state index contributed by atoms with van der Waals surface area (Å²) in [6, 6.07) is 2.97. The molecular formula is C15H18FN3O3S. The van der Waals surface area contributed by atoms with Crippen molar-refractivity contribution in [1.82, 2.24) is 9.88 Å². The molecule has 23 heavy (non-hydrogen) atoms. The molecule has 1 fully saturated rings. The number of aromatic nitrogens is 1. The van der Waals surface area contributed by atoms with Gasteiger partial charge in [-0.05, 0) is 25.0 Å². The van der Waals surface area contributed by atoms with Crippen LogP contribution in [0.5, 0.6) is 0 Å². The highest BCUT2D eigenvalue weighted by Crippen LogP contribution is 2.20. The Morgan fingerprint density at radius 1 is 1.17 bits per heavy atom. The van der Waals surface area contributed by atoms with Crippen molar-refractivity contribution in [2.75, 3.05) is 36.8 Å². The first-order valence-electron chi connectivity index (χ1n) is 7.54. The van der Waals surface area contributed by atoms with Crippen molar-refractivity contribution in [2.24, 2.45) is 0 Å². The molecule has 1 aromatic heterocycles. The predicted molar refractivity (Wildman–Crippen MR) is 84.1 cm³/mol. The molecule has 0 unspecified atom stereocenters. The van der Waals surface area contributed by atoms with Gasteiger partial charge >= 0.3 is 0 Å². The van der Waals surface area contributed by atoms with E-state index in [1.165, 1.54) is 12.3 Å². The lowest BCUT2D eigenvalue weighted by atomic mass is 10.1. The van der Waals surface area contributed by atoms with Crippen molar-refractivity contribution in [3.63, 3.8) is 0 Å². The Morgan fingerprint density at radius 3 is 2.52 bits per heavy atom. The molecule has 0 bridgehead atoms. The van der Waals surface area contributed by atoms with Crippen molar-refractivity contribution in [3.05, 3.63) is 35.1 Å². The highest BCUT2D eigenvalue weighted by Gasteiger charge is 2.27. The maximum atomic E-state index is 12.9. The van der Waals surface area contributed by atoms with E-state index in [0.717, 1.165) is 5.41 Å². The van der Waals surface area contributed by atoms with Gasteiger partial charge in [0.05, 0.1) is 11.9 Å². The summed E-state index contributed by atoms with van der Waals surface area (Å²) in [5, 5.41) is 1.13. The Labute approximate surface area is 134 Å². The van der Waals surface area contributed by atoms with E-state index in [1.54, 1.807) is 11.0 Å². The average molecular weight is 339 g/mol. The Morgan fingerprint density at radius 2 is 1.91 bits per heavy atom. The van der Waals surface area contributed by atoms with E-state index in [9.17, 15) is 17.6 Å². The third-order valence-corrected chi connectivity index (χ3v) is 5.58. The first-order chi connectivity index (χ1) is 10.9. The van der Waals surface area contributed by atoms with Crippen LogP contribution in [0.15, 0.2) is 29.3 Å². The van der Waals surface area contributed by atoms with Gasteiger partial charge in [0.2, 0.25) is 0 Å². The number of hydrogen-bond acceptors (Lipinski definition) is 5. The van der Waals surface area contributed by atoms with Crippen LogP contribution in [-0.4, -0.2) is 56.1 Å². The molecule has 0 atom stereocenters. The number of pyridine rings is 1. The minimum atomic E-state index is -3.24. The molecule has 124 valence electrons. The summed E-state index contributed by atoms with van der Waals surface area (Å²) < 4.78 is 36.1. The van der Waals surface area contributed by atoms with Crippen LogP contribution in [0.1, 0.15) is 12.8 Å². The van der Waals surface area contributed by atoms with Gasteiger partial charge < -0.3 is 9.80 Å². The van der Waals surface area contributed by atoms with E-state index in [4.69, 9.17) is 0 Å². The van der Waals surface area contributed by atoms with Crippen molar-refractivity contribution >= 4 is 21.6 Å². The maximum Gasteiger partial charge on any atom is 0.250 e. The molecular weight excluding hydrogens is 321 g/mol. The van der Waals surface area contributed by atoms with Gasteiger partial charge in [0, 0.05) is 37.2 Å². The molecule has 1 aromatic rings. The fraction of sp³-hybridized carbons (Fsp3) is 0.467. The number of anilines is 1. The van der Waals surface area contributed by atoms with E-state index < -0.39 is 9.84 Å². The van der Waals surface area contributed by atoms with Crippen molar-refractivity contribution in [1.29, 1.82) is 0 Å². The zero-order chi connectivity index (χ0) is 16.4. The summed E-state index contributed by atoms with van der Waals surface area (Å²) >= 11 is 0. The van der Waals surface area contributed by atoms with Crippen molar-refractivity contribution in [2.45, 2.75) is 12.8 Å². The molecule has 0 radical (unpaired) electrons. The van der Waals surface area contributed by atoms with Gasteiger partial charge in [-0.1, -0.05) is 0 Å². The Bertz CT molecular complexity index is 723. The number of amides is 1. The fourth-order valence-corrected chi connectivity index (χ4v) is 4.17. The van der Waals surface area contributed by atoms with Gasteiger partial charge in [0.15, 0.2) is 9.84 Å². The molecule has 0 spiro atoms. The Hall–Kier alpha value is -1.96. The van der Waals surface area contributed by atoms with Crippen LogP contribution in [0.2, 0.25) is 0 Å². The maximum absolute atomic E-state index is 12.9. The van der Waals surface area contributed by atoms with Crippen LogP contribution in [0.3, 0.4) is 0 Å². The number of sulfone groups is 1. The first-order valence-corrected chi connectivity index (χ1v) is 9.25. The van der Waals surface area contributed by atoms with E-state index in [-0.39, 0.29) is 17.5 Å². The number of carbonyl (C=O) groups excluding carboxylic acids is 1. The van der Waals surface area contributed by atoms with Crippen molar-refractivity contribution in [3.8, 4) is 0 Å². The van der Waals surface area contributed by atoms with Gasteiger partial charge in [0.1, 0.15) is 11.6 Å². The van der Waals surface area contributed by atoms with Gasteiger partial charge in [-0.25, -0.2) is 17.8 Å². The number of rotatable bonds is 2. The summed E-state index contributed by atoms with van der Waals surface area (Å²) in [7, 11) is -3.24. The zero-order valence-corrected chi connectivity index (χ0v) is 13.4. The quantitative estimate of drug-likeness (QED) is 0.803. The highest BCUT2D eigenvalue weighted by atomic mass is 32.2. The molecule has 0 aromatic carbocycles. The van der Waals surface area contributed by atoms with E-state index in [2.05, 4.69) is 4.98 Å². The lowest BCUT2D eigenvalue weighted by molar-refractivity contribution is -0.127. The molecule has 1 saturated heterocycles. The molecule has 2 aliphatic rings. The molecule has 0 aliphatic carbocycles. The van der Waals surface area contributed by atoms with Gasteiger partial charge in [-0.15, -0.1) is 0 Å². The van der Waals surface area contributed by atoms with Gasteiger partial charge in [-0.2, -0.15) is 0 Å². The Balaban J connectivity index is 1.63. The lowest BCUT2D eigenvalue weighted by Gasteiger charge is -2.36. The lowest BCUT2D eigenvalue weighted by Crippen LogP contribution is -2.49. The van der Waals surface area contributed by atoms with Gasteiger partial charge in [0.25, 0.3) is 5.91 Å². The van der Waals surface area contributed by atoms with E-state index in [0.29, 0.717) is 50.4 Å². The fourth-order valence-electron chi connectivity index (χ4n) is 2.85. The average Bonchev–Trinajstić information content (AvgIpc) is 2.54. The van der Waals surface area contributed by atoms with Crippen molar-refractivity contribution < 1.29 is 17.6 Å². The minimum absolute atomic E-state index is 0.119. The topological polar surface area (TPSA) is 70.6 Å². The Kier molecular flexibility index (Phi) is 4.34. The van der Waals surface area contributed by atoms with Gasteiger partial charge in [-0.3, -0.25) is 4.79 Å². The molecule has 0 N–H and O–H groups in total. The molecule has 3 rings (SSSR count). The second-order valence-corrected chi connectivity index (χ2v) is 7.70. The highest BCUT2D eigenvalue weighted by molar-refractivity contribution is 7.94. The van der Waals surface area contributed by atoms with Crippen LogP contribution in [-0.2, 0) is 14.6 Å². The van der Waals surface area contributed by atoms with E-state index >= 15 is 0 Å². The van der Waals surface area contributed by atoms with E-state index in [1.807, 2.05) is 4.90 Å². The summed E-state index contributed by atoms with van der Waals surface area (Å²) in [6.07, 6.45) is 2.18. The number of halogens is 1. The molecule has 2 aliphatic heterocycles. The second kappa shape index (κ2) is 6.27. The zero-order valence-electron chi connectivity index (χ0n) is 12.6.